The van der Waals surface area contributed by atoms with Crippen molar-refractivity contribution in [2.24, 2.45) is 0 Å². The molecule has 0 aliphatic carbocycles. The van der Waals surface area contributed by atoms with Crippen LogP contribution in [0.25, 0.3) is 0 Å². The third kappa shape index (κ3) is 5.25. The van der Waals surface area contributed by atoms with E-state index in [1.807, 2.05) is 30.0 Å². The summed E-state index contributed by atoms with van der Waals surface area (Å²) in [4.78, 5) is 14.1. The molecule has 1 heterocycles. The number of sulfonamides is 1. The second kappa shape index (κ2) is 8.97. The number of nitrogens with zero attached hydrogens (tertiary/aromatic N) is 2. The molecular weight excluding hydrogens is 431 g/mol. The van der Waals surface area contributed by atoms with Gasteiger partial charge in [-0.15, -0.1) is 0 Å². The van der Waals surface area contributed by atoms with Gasteiger partial charge in [-0.05, 0) is 43.7 Å². The SMILES string of the molecule is Cc1ccccc1NC(=O)C(C)N1CCN(S(=O)(=O)c2cccc(C(F)(F)F)c2)CC1. The van der Waals surface area contributed by atoms with Gasteiger partial charge in [0, 0.05) is 31.9 Å². The van der Waals surface area contributed by atoms with Gasteiger partial charge >= 0.3 is 6.18 Å². The summed E-state index contributed by atoms with van der Waals surface area (Å²) in [6.07, 6.45) is -4.62. The van der Waals surface area contributed by atoms with Crippen LogP contribution in [0.3, 0.4) is 0 Å². The molecule has 1 amide bonds. The fraction of sp³-hybridized carbons (Fsp3) is 0.381. The lowest BCUT2D eigenvalue weighted by atomic mass is 10.2. The lowest BCUT2D eigenvalue weighted by molar-refractivity contribution is -0.137. The van der Waals surface area contributed by atoms with Crippen LogP contribution in [0, 0.1) is 6.92 Å². The molecule has 3 rings (SSSR count). The predicted molar refractivity (Wildman–Crippen MR) is 111 cm³/mol. The van der Waals surface area contributed by atoms with E-state index in [9.17, 15) is 26.4 Å². The zero-order valence-corrected chi connectivity index (χ0v) is 18.0. The number of halogens is 3. The maximum absolute atomic E-state index is 12.9. The van der Waals surface area contributed by atoms with Gasteiger partial charge in [-0.1, -0.05) is 24.3 Å². The highest BCUT2D eigenvalue weighted by Gasteiger charge is 2.35. The molecule has 0 saturated carbocycles. The number of benzene rings is 2. The van der Waals surface area contributed by atoms with Crippen molar-refractivity contribution >= 4 is 21.6 Å². The van der Waals surface area contributed by atoms with Crippen LogP contribution in [-0.4, -0.2) is 55.8 Å². The van der Waals surface area contributed by atoms with Crippen LogP contribution in [0.4, 0.5) is 18.9 Å². The Morgan fingerprint density at radius 2 is 1.68 bits per heavy atom. The van der Waals surface area contributed by atoms with Gasteiger partial charge in [-0.2, -0.15) is 17.5 Å². The molecule has 1 fully saturated rings. The molecule has 6 nitrogen and oxygen atoms in total. The van der Waals surface area contributed by atoms with Crippen LogP contribution in [-0.2, 0) is 21.0 Å². The minimum Gasteiger partial charge on any atom is -0.324 e. The van der Waals surface area contributed by atoms with E-state index in [4.69, 9.17) is 0 Å². The summed E-state index contributed by atoms with van der Waals surface area (Å²) in [5.41, 5.74) is 0.638. The number of hydrogen-bond donors (Lipinski definition) is 1. The molecule has 168 valence electrons. The zero-order chi connectivity index (χ0) is 22.8. The molecule has 1 N–H and O–H groups in total. The van der Waals surface area contributed by atoms with Gasteiger partial charge < -0.3 is 5.32 Å². The Morgan fingerprint density at radius 3 is 2.29 bits per heavy atom. The normalized spacial score (nSPS) is 17.3. The largest absolute Gasteiger partial charge is 0.416 e. The fourth-order valence-electron chi connectivity index (χ4n) is 3.43. The first kappa shape index (κ1) is 23.2. The molecule has 1 unspecified atom stereocenters. The summed E-state index contributed by atoms with van der Waals surface area (Å²) in [7, 11) is -4.06. The molecule has 10 heteroatoms. The van der Waals surface area contributed by atoms with E-state index in [0.717, 1.165) is 28.1 Å². The van der Waals surface area contributed by atoms with Crippen molar-refractivity contribution in [1.29, 1.82) is 0 Å². The highest BCUT2D eigenvalue weighted by atomic mass is 32.2. The number of alkyl halides is 3. The summed E-state index contributed by atoms with van der Waals surface area (Å²) < 4.78 is 65.6. The number of rotatable bonds is 5. The highest BCUT2D eigenvalue weighted by Crippen LogP contribution is 2.31. The van der Waals surface area contributed by atoms with Crippen molar-refractivity contribution < 1.29 is 26.4 Å². The first-order valence-corrected chi connectivity index (χ1v) is 11.2. The number of carbonyl (C=O) groups excluding carboxylic acids is 1. The van der Waals surface area contributed by atoms with Crippen LogP contribution in [0.2, 0.25) is 0 Å². The number of aryl methyl sites for hydroxylation is 1. The number of carbonyl (C=O) groups is 1. The summed E-state index contributed by atoms with van der Waals surface area (Å²) >= 11 is 0. The quantitative estimate of drug-likeness (QED) is 0.751. The summed E-state index contributed by atoms with van der Waals surface area (Å²) in [6, 6.07) is 10.6. The summed E-state index contributed by atoms with van der Waals surface area (Å²) in [5.74, 6) is -0.205. The molecule has 31 heavy (non-hydrogen) atoms. The lowest BCUT2D eigenvalue weighted by Gasteiger charge is -2.36. The molecule has 1 atom stereocenters. The van der Waals surface area contributed by atoms with Gasteiger partial charge in [0.05, 0.1) is 16.5 Å². The van der Waals surface area contributed by atoms with Gasteiger partial charge in [0.25, 0.3) is 0 Å². The van der Waals surface area contributed by atoms with E-state index in [0.29, 0.717) is 24.8 Å². The Labute approximate surface area is 179 Å². The highest BCUT2D eigenvalue weighted by molar-refractivity contribution is 7.89. The Bertz CT molecular complexity index is 1050. The molecule has 0 bridgehead atoms. The minimum atomic E-state index is -4.62. The fourth-order valence-corrected chi connectivity index (χ4v) is 4.90. The Kier molecular flexibility index (Phi) is 6.73. The Balaban J connectivity index is 1.64. The number of nitrogens with one attached hydrogen (secondary N) is 1. The van der Waals surface area contributed by atoms with E-state index in [2.05, 4.69) is 5.32 Å². The first-order valence-electron chi connectivity index (χ1n) is 9.78. The summed E-state index contributed by atoms with van der Waals surface area (Å²) in [5, 5.41) is 2.88. The number of anilines is 1. The minimum absolute atomic E-state index is 0.0839. The Hall–Kier alpha value is -2.43. The first-order chi connectivity index (χ1) is 14.5. The molecule has 1 aliphatic heterocycles. The van der Waals surface area contributed by atoms with Crippen molar-refractivity contribution in [2.75, 3.05) is 31.5 Å². The topological polar surface area (TPSA) is 69.7 Å². The smallest absolute Gasteiger partial charge is 0.324 e. The third-order valence-corrected chi connectivity index (χ3v) is 7.30. The van der Waals surface area contributed by atoms with Crippen LogP contribution in [0.15, 0.2) is 53.4 Å². The van der Waals surface area contributed by atoms with Gasteiger partial charge in [-0.25, -0.2) is 8.42 Å². The molecule has 1 saturated heterocycles. The van der Waals surface area contributed by atoms with Gasteiger partial charge in [0.1, 0.15) is 0 Å². The van der Waals surface area contributed by atoms with Crippen LogP contribution < -0.4 is 5.32 Å². The van der Waals surface area contributed by atoms with E-state index in [-0.39, 0.29) is 23.9 Å². The van der Waals surface area contributed by atoms with Crippen LogP contribution in [0.5, 0.6) is 0 Å². The van der Waals surface area contributed by atoms with E-state index >= 15 is 0 Å². The third-order valence-electron chi connectivity index (χ3n) is 5.40. The van der Waals surface area contributed by atoms with Crippen molar-refractivity contribution in [3.63, 3.8) is 0 Å². The van der Waals surface area contributed by atoms with Crippen molar-refractivity contribution in [1.82, 2.24) is 9.21 Å². The average Bonchev–Trinajstić information content (AvgIpc) is 2.74. The summed E-state index contributed by atoms with van der Waals surface area (Å²) in [6.45, 7) is 4.38. The maximum Gasteiger partial charge on any atom is 0.416 e. The zero-order valence-electron chi connectivity index (χ0n) is 17.2. The van der Waals surface area contributed by atoms with Gasteiger partial charge in [0.15, 0.2) is 0 Å². The molecule has 1 aliphatic rings. The standard InChI is InChI=1S/C21H24F3N3O3S/c1-15-6-3-4-9-19(15)25-20(28)16(2)26-10-12-27(13-11-26)31(29,30)18-8-5-7-17(14-18)21(22,23)24/h3-9,14,16H,10-13H2,1-2H3,(H,25,28). The average molecular weight is 456 g/mol. The number of piperazine rings is 1. The van der Waals surface area contributed by atoms with Crippen molar-refractivity contribution in [2.45, 2.75) is 31.0 Å². The molecule has 2 aromatic rings. The second-order valence-corrected chi connectivity index (χ2v) is 9.38. The van der Waals surface area contributed by atoms with Gasteiger partial charge in [0.2, 0.25) is 15.9 Å². The van der Waals surface area contributed by atoms with Crippen molar-refractivity contribution in [3.8, 4) is 0 Å². The van der Waals surface area contributed by atoms with Gasteiger partial charge in [-0.3, -0.25) is 9.69 Å². The molecule has 0 radical (unpaired) electrons. The van der Waals surface area contributed by atoms with E-state index in [1.54, 1.807) is 13.0 Å². The van der Waals surface area contributed by atoms with Crippen molar-refractivity contribution in [3.05, 3.63) is 59.7 Å². The molecule has 2 aromatic carbocycles. The maximum atomic E-state index is 12.9. The number of amides is 1. The molecular formula is C21H24F3N3O3S. The number of hydrogen-bond acceptors (Lipinski definition) is 4. The van der Waals surface area contributed by atoms with E-state index < -0.39 is 27.8 Å². The van der Waals surface area contributed by atoms with Crippen LogP contribution in [0.1, 0.15) is 18.1 Å². The van der Waals surface area contributed by atoms with Crippen LogP contribution >= 0.6 is 0 Å². The molecule has 0 aromatic heterocycles. The number of para-hydroxylation sites is 1. The van der Waals surface area contributed by atoms with E-state index in [1.165, 1.54) is 0 Å². The predicted octanol–water partition coefficient (Wildman–Crippen LogP) is 3.35. The lowest BCUT2D eigenvalue weighted by Crippen LogP contribution is -2.53. The second-order valence-electron chi connectivity index (χ2n) is 7.45. The molecule has 0 spiro atoms. The Morgan fingerprint density at radius 1 is 1.03 bits per heavy atom. The monoisotopic (exact) mass is 455 g/mol.